The van der Waals surface area contributed by atoms with E-state index >= 15 is 0 Å². The number of fused-ring (bicyclic) bond motifs is 1. The molecular formula is C18H18O5. The highest BCUT2D eigenvalue weighted by molar-refractivity contribution is 5.66. The number of rotatable bonds is 7. The third-order valence-electron chi connectivity index (χ3n) is 3.63. The summed E-state index contributed by atoms with van der Waals surface area (Å²) < 4.78 is 16.6. The molecule has 1 heterocycles. The first-order chi connectivity index (χ1) is 11.2. The van der Waals surface area contributed by atoms with Crippen LogP contribution < -0.4 is 14.2 Å². The van der Waals surface area contributed by atoms with Crippen molar-refractivity contribution in [1.82, 2.24) is 0 Å². The lowest BCUT2D eigenvalue weighted by Gasteiger charge is -2.10. The normalized spacial score (nSPS) is 12.2. The standard InChI is InChI=1S/C18H18O5/c19-17(20)9-2-5-13-4-1-7-15(10-13)21-11-14-6-3-8-16-18(14)23-12-22-16/h1,3-4,6-8,10H,2,5,9,11-12H2,(H,19,20). The van der Waals surface area contributed by atoms with Gasteiger partial charge in [0.1, 0.15) is 12.4 Å². The summed E-state index contributed by atoms with van der Waals surface area (Å²) in [6.45, 7) is 0.635. The monoisotopic (exact) mass is 314 g/mol. The number of ether oxygens (including phenoxy) is 3. The Hall–Kier alpha value is -2.69. The summed E-state index contributed by atoms with van der Waals surface area (Å²) in [4.78, 5) is 10.6. The number of hydrogen-bond donors (Lipinski definition) is 1. The van der Waals surface area contributed by atoms with E-state index < -0.39 is 5.97 Å². The molecule has 23 heavy (non-hydrogen) atoms. The van der Waals surface area contributed by atoms with Gasteiger partial charge in [-0.2, -0.15) is 0 Å². The van der Waals surface area contributed by atoms with E-state index in [-0.39, 0.29) is 13.2 Å². The Labute approximate surface area is 134 Å². The summed E-state index contributed by atoms with van der Waals surface area (Å²) in [5.41, 5.74) is 2.01. The van der Waals surface area contributed by atoms with Crippen LogP contribution >= 0.6 is 0 Å². The number of carbonyl (C=O) groups is 1. The summed E-state index contributed by atoms with van der Waals surface area (Å²) in [6, 6.07) is 13.5. The second kappa shape index (κ2) is 7.05. The second-order valence-electron chi connectivity index (χ2n) is 5.33. The first kappa shape index (κ1) is 15.2. The fraction of sp³-hybridized carbons (Fsp3) is 0.278. The molecule has 5 nitrogen and oxygen atoms in total. The predicted octanol–water partition coefficient (Wildman–Crippen LogP) is 3.40. The molecule has 0 aromatic heterocycles. The van der Waals surface area contributed by atoms with Crippen LogP contribution in [-0.4, -0.2) is 17.9 Å². The first-order valence-corrected chi connectivity index (χ1v) is 7.53. The summed E-state index contributed by atoms with van der Waals surface area (Å²) in [7, 11) is 0. The zero-order valence-corrected chi connectivity index (χ0v) is 12.7. The van der Waals surface area contributed by atoms with Gasteiger partial charge in [-0.25, -0.2) is 0 Å². The fourth-order valence-corrected chi connectivity index (χ4v) is 2.50. The Morgan fingerprint density at radius 1 is 1.17 bits per heavy atom. The molecule has 0 unspecified atom stereocenters. The summed E-state index contributed by atoms with van der Waals surface area (Å²) in [6.07, 6.45) is 1.52. The van der Waals surface area contributed by atoms with Gasteiger partial charge in [-0.15, -0.1) is 0 Å². The number of aryl methyl sites for hydroxylation is 1. The molecule has 3 rings (SSSR count). The van der Waals surface area contributed by atoms with Crippen LogP contribution in [0.3, 0.4) is 0 Å². The van der Waals surface area contributed by atoms with Crippen molar-refractivity contribution in [3.8, 4) is 17.2 Å². The van der Waals surface area contributed by atoms with Crippen molar-refractivity contribution in [1.29, 1.82) is 0 Å². The SMILES string of the molecule is O=C(O)CCCc1cccc(OCc2cccc3c2OCO3)c1. The smallest absolute Gasteiger partial charge is 0.303 e. The average Bonchev–Trinajstić information content (AvgIpc) is 3.02. The largest absolute Gasteiger partial charge is 0.489 e. The summed E-state index contributed by atoms with van der Waals surface area (Å²) >= 11 is 0. The zero-order chi connectivity index (χ0) is 16.1. The molecule has 0 saturated heterocycles. The molecular weight excluding hydrogens is 296 g/mol. The molecule has 1 aliphatic heterocycles. The van der Waals surface area contributed by atoms with Crippen molar-refractivity contribution >= 4 is 5.97 Å². The molecule has 0 fully saturated rings. The van der Waals surface area contributed by atoms with E-state index in [1.54, 1.807) is 0 Å². The Kier molecular flexibility index (Phi) is 4.66. The number of aliphatic carboxylic acids is 1. The lowest BCUT2D eigenvalue weighted by Crippen LogP contribution is -1.99. The van der Waals surface area contributed by atoms with Crippen molar-refractivity contribution in [2.24, 2.45) is 0 Å². The highest BCUT2D eigenvalue weighted by Gasteiger charge is 2.17. The number of para-hydroxylation sites is 1. The van der Waals surface area contributed by atoms with Crippen LogP contribution in [0.4, 0.5) is 0 Å². The molecule has 5 heteroatoms. The summed E-state index contributed by atoms with van der Waals surface area (Å²) in [5.74, 6) is 1.48. The Morgan fingerprint density at radius 2 is 2.04 bits per heavy atom. The maximum Gasteiger partial charge on any atom is 0.303 e. The molecule has 0 amide bonds. The minimum atomic E-state index is -0.766. The van der Waals surface area contributed by atoms with Crippen LogP contribution in [-0.2, 0) is 17.8 Å². The molecule has 2 aromatic carbocycles. The molecule has 0 saturated carbocycles. The van der Waals surface area contributed by atoms with Crippen LogP contribution in [0.2, 0.25) is 0 Å². The van der Waals surface area contributed by atoms with Crippen LogP contribution in [0.5, 0.6) is 17.2 Å². The van der Waals surface area contributed by atoms with E-state index in [0.29, 0.717) is 13.0 Å². The molecule has 1 N–H and O–H groups in total. The third-order valence-corrected chi connectivity index (χ3v) is 3.63. The Morgan fingerprint density at radius 3 is 2.91 bits per heavy atom. The first-order valence-electron chi connectivity index (χ1n) is 7.53. The van der Waals surface area contributed by atoms with Gasteiger partial charge in [0.25, 0.3) is 0 Å². The van der Waals surface area contributed by atoms with E-state index in [0.717, 1.165) is 34.8 Å². The maximum absolute atomic E-state index is 10.6. The molecule has 120 valence electrons. The van der Waals surface area contributed by atoms with Crippen molar-refractivity contribution in [2.75, 3.05) is 6.79 Å². The lowest BCUT2D eigenvalue weighted by molar-refractivity contribution is -0.137. The predicted molar refractivity (Wildman–Crippen MR) is 83.9 cm³/mol. The van der Waals surface area contributed by atoms with Gasteiger partial charge in [-0.1, -0.05) is 24.3 Å². The number of carboxylic acids is 1. The van der Waals surface area contributed by atoms with Gasteiger partial charge in [0.15, 0.2) is 11.5 Å². The van der Waals surface area contributed by atoms with E-state index in [1.807, 2.05) is 42.5 Å². The number of hydrogen-bond acceptors (Lipinski definition) is 4. The van der Waals surface area contributed by atoms with Gasteiger partial charge < -0.3 is 19.3 Å². The van der Waals surface area contributed by atoms with Crippen LogP contribution in [0.15, 0.2) is 42.5 Å². The van der Waals surface area contributed by atoms with E-state index in [4.69, 9.17) is 19.3 Å². The fourth-order valence-electron chi connectivity index (χ4n) is 2.50. The highest BCUT2D eigenvalue weighted by Crippen LogP contribution is 2.35. The highest BCUT2D eigenvalue weighted by atomic mass is 16.7. The third kappa shape index (κ3) is 3.94. The van der Waals surface area contributed by atoms with Crippen LogP contribution in [0.25, 0.3) is 0 Å². The molecule has 2 aromatic rings. The average molecular weight is 314 g/mol. The van der Waals surface area contributed by atoms with Gasteiger partial charge in [0, 0.05) is 12.0 Å². The maximum atomic E-state index is 10.6. The van der Waals surface area contributed by atoms with Crippen molar-refractivity contribution < 1.29 is 24.1 Å². The van der Waals surface area contributed by atoms with Gasteiger partial charge in [-0.3, -0.25) is 4.79 Å². The summed E-state index contributed by atoms with van der Waals surface area (Å²) in [5, 5.41) is 8.69. The molecule has 0 atom stereocenters. The van der Waals surface area contributed by atoms with Gasteiger partial charge in [0.2, 0.25) is 6.79 Å². The molecule has 0 bridgehead atoms. The zero-order valence-electron chi connectivity index (χ0n) is 12.7. The minimum Gasteiger partial charge on any atom is -0.489 e. The van der Waals surface area contributed by atoms with Crippen molar-refractivity contribution in [2.45, 2.75) is 25.9 Å². The molecule has 0 aliphatic carbocycles. The van der Waals surface area contributed by atoms with E-state index in [9.17, 15) is 4.79 Å². The van der Waals surface area contributed by atoms with Crippen LogP contribution in [0.1, 0.15) is 24.0 Å². The minimum absolute atomic E-state index is 0.179. The van der Waals surface area contributed by atoms with Gasteiger partial charge in [-0.05, 0) is 36.6 Å². The lowest BCUT2D eigenvalue weighted by atomic mass is 10.1. The second-order valence-corrected chi connectivity index (χ2v) is 5.33. The van der Waals surface area contributed by atoms with Gasteiger partial charge >= 0.3 is 5.97 Å². The quantitative estimate of drug-likeness (QED) is 0.848. The molecule has 0 spiro atoms. The number of carboxylic acid groups (broad SMARTS) is 1. The van der Waals surface area contributed by atoms with Crippen LogP contribution in [0, 0.1) is 0 Å². The number of benzene rings is 2. The molecule has 0 radical (unpaired) electrons. The van der Waals surface area contributed by atoms with Crippen molar-refractivity contribution in [3.63, 3.8) is 0 Å². The Balaban J connectivity index is 1.60. The van der Waals surface area contributed by atoms with E-state index in [1.165, 1.54) is 0 Å². The van der Waals surface area contributed by atoms with Gasteiger partial charge in [0.05, 0.1) is 0 Å². The topological polar surface area (TPSA) is 65.0 Å². The van der Waals surface area contributed by atoms with Crippen molar-refractivity contribution in [3.05, 3.63) is 53.6 Å². The Bertz CT molecular complexity index is 696. The molecule has 1 aliphatic rings. The van der Waals surface area contributed by atoms with E-state index in [2.05, 4.69) is 0 Å².